The number of thioether (sulfide) groups is 1. The SMILES string of the molecule is COc1c(C)cc(Br)c(C)c1C(N)c1ccccc1SC. The minimum Gasteiger partial charge on any atom is -0.496 e. The lowest BCUT2D eigenvalue weighted by Crippen LogP contribution is -2.16. The van der Waals surface area contributed by atoms with E-state index in [0.717, 1.165) is 32.5 Å². The van der Waals surface area contributed by atoms with Crippen molar-refractivity contribution in [1.82, 2.24) is 0 Å². The second-order valence-electron chi connectivity index (χ2n) is 4.97. The molecule has 2 nitrogen and oxygen atoms in total. The van der Waals surface area contributed by atoms with Crippen LogP contribution in [0.5, 0.6) is 5.75 Å². The van der Waals surface area contributed by atoms with Crippen LogP contribution in [-0.2, 0) is 0 Å². The van der Waals surface area contributed by atoms with E-state index in [4.69, 9.17) is 10.5 Å². The van der Waals surface area contributed by atoms with E-state index in [9.17, 15) is 0 Å². The van der Waals surface area contributed by atoms with E-state index in [1.807, 2.05) is 19.1 Å². The van der Waals surface area contributed by atoms with Crippen LogP contribution in [-0.4, -0.2) is 13.4 Å². The molecule has 112 valence electrons. The molecule has 0 aliphatic heterocycles. The van der Waals surface area contributed by atoms with Crippen LogP contribution in [0.3, 0.4) is 0 Å². The highest BCUT2D eigenvalue weighted by atomic mass is 79.9. The second kappa shape index (κ2) is 6.86. The molecule has 4 heteroatoms. The molecule has 2 aromatic rings. The number of nitrogens with two attached hydrogens (primary N) is 1. The molecule has 0 aliphatic rings. The summed E-state index contributed by atoms with van der Waals surface area (Å²) in [6.07, 6.45) is 2.07. The molecule has 0 saturated heterocycles. The van der Waals surface area contributed by atoms with Gasteiger partial charge in [0.05, 0.1) is 13.2 Å². The van der Waals surface area contributed by atoms with Crippen molar-refractivity contribution in [2.24, 2.45) is 5.73 Å². The number of rotatable bonds is 4. The van der Waals surface area contributed by atoms with Gasteiger partial charge < -0.3 is 10.5 Å². The van der Waals surface area contributed by atoms with Crippen LogP contribution in [0, 0.1) is 13.8 Å². The Morgan fingerprint density at radius 2 is 1.90 bits per heavy atom. The maximum atomic E-state index is 6.59. The molecule has 0 heterocycles. The van der Waals surface area contributed by atoms with Gasteiger partial charge >= 0.3 is 0 Å². The first-order valence-corrected chi connectivity index (χ1v) is 8.75. The molecule has 21 heavy (non-hydrogen) atoms. The molecule has 1 atom stereocenters. The standard InChI is InChI=1S/C17H20BrNOS/c1-10-9-13(18)11(2)15(17(10)20-3)16(19)12-7-5-6-8-14(12)21-4/h5-9,16H,19H2,1-4H3. The van der Waals surface area contributed by atoms with Crippen LogP contribution < -0.4 is 10.5 Å². The van der Waals surface area contributed by atoms with Crippen LogP contribution in [0.15, 0.2) is 39.7 Å². The first-order chi connectivity index (χ1) is 10.0. The summed E-state index contributed by atoms with van der Waals surface area (Å²) in [5, 5.41) is 0. The molecular weight excluding hydrogens is 346 g/mol. The van der Waals surface area contributed by atoms with Crippen molar-refractivity contribution in [3.63, 3.8) is 0 Å². The fraction of sp³-hybridized carbons (Fsp3) is 0.294. The molecule has 1 unspecified atom stereocenters. The second-order valence-corrected chi connectivity index (χ2v) is 6.67. The van der Waals surface area contributed by atoms with Crippen LogP contribution in [0.2, 0.25) is 0 Å². The predicted molar refractivity (Wildman–Crippen MR) is 94.4 cm³/mol. The minimum atomic E-state index is -0.209. The zero-order valence-corrected chi connectivity index (χ0v) is 15.1. The van der Waals surface area contributed by atoms with Gasteiger partial charge in [-0.1, -0.05) is 34.1 Å². The van der Waals surface area contributed by atoms with Crippen LogP contribution in [0.25, 0.3) is 0 Å². The third-order valence-corrected chi connectivity index (χ3v) is 5.33. The number of methoxy groups -OCH3 is 1. The Morgan fingerprint density at radius 3 is 2.52 bits per heavy atom. The Labute approximate surface area is 139 Å². The van der Waals surface area contributed by atoms with Crippen molar-refractivity contribution >= 4 is 27.7 Å². The van der Waals surface area contributed by atoms with Crippen LogP contribution in [0.1, 0.15) is 28.3 Å². The number of hydrogen-bond acceptors (Lipinski definition) is 3. The molecule has 2 rings (SSSR count). The molecule has 0 spiro atoms. The van der Waals surface area contributed by atoms with Crippen molar-refractivity contribution < 1.29 is 4.74 Å². The smallest absolute Gasteiger partial charge is 0.127 e. The van der Waals surface area contributed by atoms with Gasteiger partial charge in [-0.25, -0.2) is 0 Å². The number of hydrogen-bond donors (Lipinski definition) is 1. The Morgan fingerprint density at radius 1 is 1.24 bits per heavy atom. The highest BCUT2D eigenvalue weighted by Gasteiger charge is 2.22. The summed E-state index contributed by atoms with van der Waals surface area (Å²) in [6.45, 7) is 4.11. The van der Waals surface area contributed by atoms with Gasteiger partial charge in [0.1, 0.15) is 5.75 Å². The Bertz CT molecular complexity index is 657. The fourth-order valence-electron chi connectivity index (χ4n) is 2.60. The van der Waals surface area contributed by atoms with E-state index >= 15 is 0 Å². The van der Waals surface area contributed by atoms with E-state index in [2.05, 4.69) is 47.3 Å². The van der Waals surface area contributed by atoms with E-state index < -0.39 is 0 Å². The highest BCUT2D eigenvalue weighted by Crippen LogP contribution is 2.39. The fourth-order valence-corrected chi connectivity index (χ4v) is 3.80. The summed E-state index contributed by atoms with van der Waals surface area (Å²) in [7, 11) is 1.70. The van der Waals surface area contributed by atoms with Crippen molar-refractivity contribution in [3.05, 3.63) is 57.1 Å². The molecule has 0 saturated carbocycles. The number of benzene rings is 2. The molecule has 0 radical (unpaired) electrons. The summed E-state index contributed by atoms with van der Waals surface area (Å²) in [6, 6.07) is 10.1. The molecule has 0 fully saturated rings. The van der Waals surface area contributed by atoms with Crippen molar-refractivity contribution in [3.8, 4) is 5.75 Å². The largest absolute Gasteiger partial charge is 0.496 e. The summed E-state index contributed by atoms with van der Waals surface area (Å²) in [4.78, 5) is 1.20. The first-order valence-electron chi connectivity index (χ1n) is 6.73. The lowest BCUT2D eigenvalue weighted by molar-refractivity contribution is 0.404. The summed E-state index contributed by atoms with van der Waals surface area (Å²) >= 11 is 5.33. The van der Waals surface area contributed by atoms with Crippen molar-refractivity contribution in [2.45, 2.75) is 24.8 Å². The maximum absolute atomic E-state index is 6.59. The van der Waals surface area contributed by atoms with Gasteiger partial charge in [-0.05, 0) is 48.9 Å². The number of ether oxygens (including phenoxy) is 1. The highest BCUT2D eigenvalue weighted by molar-refractivity contribution is 9.10. The summed E-state index contributed by atoms with van der Waals surface area (Å²) in [5.41, 5.74) is 11.0. The molecule has 0 aromatic heterocycles. The Kier molecular flexibility index (Phi) is 5.36. The van der Waals surface area contributed by atoms with E-state index in [-0.39, 0.29) is 6.04 Å². The van der Waals surface area contributed by atoms with Crippen molar-refractivity contribution in [2.75, 3.05) is 13.4 Å². The molecule has 0 amide bonds. The molecule has 0 bridgehead atoms. The molecule has 2 aromatic carbocycles. The topological polar surface area (TPSA) is 35.2 Å². The zero-order chi connectivity index (χ0) is 15.6. The van der Waals surface area contributed by atoms with E-state index in [0.29, 0.717) is 0 Å². The third-order valence-electron chi connectivity index (χ3n) is 3.70. The summed E-state index contributed by atoms with van der Waals surface area (Å²) in [5.74, 6) is 0.874. The van der Waals surface area contributed by atoms with E-state index in [1.165, 1.54) is 4.90 Å². The Hall–Kier alpha value is -0.970. The maximum Gasteiger partial charge on any atom is 0.127 e. The molecular formula is C17H20BrNOS. The van der Waals surface area contributed by atoms with Gasteiger partial charge in [0.25, 0.3) is 0 Å². The third kappa shape index (κ3) is 3.12. The van der Waals surface area contributed by atoms with Gasteiger partial charge in [0, 0.05) is 14.9 Å². The average Bonchev–Trinajstić information content (AvgIpc) is 2.49. The Balaban J connectivity index is 2.65. The van der Waals surface area contributed by atoms with Crippen LogP contribution >= 0.6 is 27.7 Å². The zero-order valence-electron chi connectivity index (χ0n) is 12.7. The van der Waals surface area contributed by atoms with E-state index in [1.54, 1.807) is 18.9 Å². The predicted octanol–water partition coefficient (Wildman–Crippen LogP) is 4.84. The van der Waals surface area contributed by atoms with Crippen molar-refractivity contribution in [1.29, 1.82) is 0 Å². The average molecular weight is 366 g/mol. The molecule has 0 aliphatic carbocycles. The van der Waals surface area contributed by atoms with Gasteiger partial charge in [0.15, 0.2) is 0 Å². The van der Waals surface area contributed by atoms with Crippen LogP contribution in [0.4, 0.5) is 0 Å². The van der Waals surface area contributed by atoms with Gasteiger partial charge in [-0.3, -0.25) is 0 Å². The number of aryl methyl sites for hydroxylation is 1. The first kappa shape index (κ1) is 16.4. The normalized spacial score (nSPS) is 12.3. The number of halogens is 1. The lowest BCUT2D eigenvalue weighted by Gasteiger charge is -2.23. The lowest BCUT2D eigenvalue weighted by atomic mass is 9.93. The van der Waals surface area contributed by atoms with Gasteiger partial charge in [-0.2, -0.15) is 0 Å². The van der Waals surface area contributed by atoms with Gasteiger partial charge in [0.2, 0.25) is 0 Å². The minimum absolute atomic E-state index is 0.209. The molecule has 2 N–H and O–H groups in total. The quantitative estimate of drug-likeness (QED) is 0.786. The van der Waals surface area contributed by atoms with Gasteiger partial charge in [-0.15, -0.1) is 11.8 Å². The summed E-state index contributed by atoms with van der Waals surface area (Å²) < 4.78 is 6.68. The monoisotopic (exact) mass is 365 g/mol.